The Morgan fingerprint density at radius 1 is 1.08 bits per heavy atom. The molecule has 4 heteroatoms. The van der Waals surface area contributed by atoms with Crippen molar-refractivity contribution in [3.8, 4) is 0 Å². The minimum atomic E-state index is -0.155. The number of allylic oxidation sites excluding steroid dienone is 1. The van der Waals surface area contributed by atoms with Crippen LogP contribution in [0.25, 0.3) is 16.5 Å². The Bertz CT molecular complexity index is 1090. The lowest BCUT2D eigenvalue weighted by Crippen LogP contribution is -2.27. The molecule has 1 atom stereocenters. The van der Waals surface area contributed by atoms with Crippen LogP contribution >= 0.6 is 11.6 Å². The molecule has 2 heterocycles. The van der Waals surface area contributed by atoms with Crippen LogP contribution in [0.15, 0.2) is 60.3 Å². The number of anilines is 1. The Hall–Kier alpha value is -2.65. The number of halogens is 1. The average molecular weight is 361 g/mol. The summed E-state index contributed by atoms with van der Waals surface area (Å²) in [6.45, 7) is 0. The van der Waals surface area contributed by atoms with Crippen molar-refractivity contribution in [3.63, 3.8) is 0 Å². The number of benzene rings is 2. The SMILES string of the molecule is O=C1CCCC2=C1[C@H](c1cccc(Cl)c1)Nc1ccc3ncccc3c12. The number of nitrogens with one attached hydrogen (secondary N) is 1. The fourth-order valence-corrected chi connectivity index (χ4v) is 4.42. The topological polar surface area (TPSA) is 42.0 Å². The lowest BCUT2D eigenvalue weighted by Gasteiger charge is -2.35. The van der Waals surface area contributed by atoms with Gasteiger partial charge in [0.15, 0.2) is 5.78 Å². The molecular weight excluding hydrogens is 344 g/mol. The molecule has 0 spiro atoms. The van der Waals surface area contributed by atoms with Gasteiger partial charge in [0.05, 0.1) is 11.6 Å². The number of carbonyl (C=O) groups excluding carboxylic acids is 1. The van der Waals surface area contributed by atoms with E-state index in [1.165, 1.54) is 5.57 Å². The van der Waals surface area contributed by atoms with Crippen LogP contribution in [-0.2, 0) is 4.79 Å². The maximum absolute atomic E-state index is 12.9. The fourth-order valence-electron chi connectivity index (χ4n) is 4.22. The molecule has 3 nitrogen and oxygen atoms in total. The highest BCUT2D eigenvalue weighted by atomic mass is 35.5. The van der Waals surface area contributed by atoms with Crippen LogP contribution in [0, 0.1) is 0 Å². The number of Topliss-reactive ketones (excluding diaryl/α,β-unsaturated/α-hetero) is 1. The third-order valence-electron chi connectivity index (χ3n) is 5.31. The first-order valence-corrected chi connectivity index (χ1v) is 9.26. The summed E-state index contributed by atoms with van der Waals surface area (Å²) in [7, 11) is 0. The highest BCUT2D eigenvalue weighted by Crippen LogP contribution is 2.47. The van der Waals surface area contributed by atoms with E-state index in [0.29, 0.717) is 11.4 Å². The van der Waals surface area contributed by atoms with Crippen LogP contribution in [0.3, 0.4) is 0 Å². The van der Waals surface area contributed by atoms with Gasteiger partial charge in [-0.15, -0.1) is 0 Å². The van der Waals surface area contributed by atoms with Gasteiger partial charge >= 0.3 is 0 Å². The molecule has 1 aliphatic heterocycles. The standard InChI is InChI=1S/C22H17ClN2O/c23-14-5-1-4-13(12-14)22-21-16(6-2-8-19(21)26)20-15-7-3-11-24-17(15)9-10-18(20)25-22/h1,3-5,7,9-12,22,25H,2,6,8H2/t22-/m0/s1. The fraction of sp³-hybridized carbons (Fsp3) is 0.182. The number of fused-ring (bicyclic) bond motifs is 4. The first-order valence-electron chi connectivity index (χ1n) is 8.89. The predicted octanol–water partition coefficient (Wildman–Crippen LogP) is 5.56. The maximum atomic E-state index is 12.9. The van der Waals surface area contributed by atoms with Gasteiger partial charge in [-0.1, -0.05) is 29.8 Å². The van der Waals surface area contributed by atoms with Crippen molar-refractivity contribution < 1.29 is 4.79 Å². The molecule has 2 aliphatic rings. The van der Waals surface area contributed by atoms with E-state index in [0.717, 1.165) is 46.1 Å². The third kappa shape index (κ3) is 2.35. The van der Waals surface area contributed by atoms with Crippen LogP contribution in [0.1, 0.15) is 36.4 Å². The van der Waals surface area contributed by atoms with Crippen LogP contribution in [-0.4, -0.2) is 10.8 Å². The number of hydrogen-bond donors (Lipinski definition) is 1. The third-order valence-corrected chi connectivity index (χ3v) is 5.55. The minimum Gasteiger partial charge on any atom is -0.373 e. The molecule has 0 saturated carbocycles. The van der Waals surface area contributed by atoms with Crippen LogP contribution in [0.5, 0.6) is 0 Å². The number of carbonyl (C=O) groups is 1. The number of ketones is 1. The first kappa shape index (κ1) is 15.6. The van der Waals surface area contributed by atoms with Crippen molar-refractivity contribution in [2.45, 2.75) is 25.3 Å². The van der Waals surface area contributed by atoms with E-state index < -0.39 is 0 Å². The zero-order valence-corrected chi connectivity index (χ0v) is 14.9. The second-order valence-corrected chi connectivity index (χ2v) is 7.30. The van der Waals surface area contributed by atoms with Crippen molar-refractivity contribution in [3.05, 3.63) is 76.5 Å². The molecule has 0 saturated heterocycles. The number of hydrogen-bond acceptors (Lipinski definition) is 3. The van der Waals surface area contributed by atoms with E-state index in [2.05, 4.69) is 22.4 Å². The summed E-state index contributed by atoms with van der Waals surface area (Å²) < 4.78 is 0. The van der Waals surface area contributed by atoms with E-state index in [1.54, 1.807) is 6.20 Å². The summed E-state index contributed by atoms with van der Waals surface area (Å²) in [5.74, 6) is 0.232. The number of pyridine rings is 1. The van der Waals surface area contributed by atoms with Crippen molar-refractivity contribution >= 4 is 39.5 Å². The Balaban J connectivity index is 1.79. The average Bonchev–Trinajstić information content (AvgIpc) is 2.67. The second-order valence-electron chi connectivity index (χ2n) is 6.86. The van der Waals surface area contributed by atoms with E-state index in [-0.39, 0.29) is 11.8 Å². The van der Waals surface area contributed by atoms with E-state index >= 15 is 0 Å². The van der Waals surface area contributed by atoms with Crippen molar-refractivity contribution in [1.29, 1.82) is 0 Å². The Labute approximate surface area is 156 Å². The van der Waals surface area contributed by atoms with Crippen molar-refractivity contribution in [2.24, 2.45) is 0 Å². The first-order chi connectivity index (χ1) is 12.7. The van der Waals surface area contributed by atoms with Gasteiger partial charge in [0.1, 0.15) is 0 Å². The summed E-state index contributed by atoms with van der Waals surface area (Å²) in [6.07, 6.45) is 4.23. The summed E-state index contributed by atoms with van der Waals surface area (Å²) >= 11 is 6.22. The number of aromatic nitrogens is 1. The highest BCUT2D eigenvalue weighted by Gasteiger charge is 2.34. The highest BCUT2D eigenvalue weighted by molar-refractivity contribution is 6.30. The minimum absolute atomic E-state index is 0.155. The zero-order valence-electron chi connectivity index (χ0n) is 14.1. The molecule has 1 aliphatic carbocycles. The summed E-state index contributed by atoms with van der Waals surface area (Å²) in [4.78, 5) is 17.4. The van der Waals surface area contributed by atoms with Crippen molar-refractivity contribution in [2.75, 3.05) is 5.32 Å². The quantitative estimate of drug-likeness (QED) is 0.617. The predicted molar refractivity (Wildman–Crippen MR) is 105 cm³/mol. The largest absolute Gasteiger partial charge is 0.373 e. The van der Waals surface area contributed by atoms with Gasteiger partial charge in [0, 0.05) is 39.9 Å². The second kappa shape index (κ2) is 5.96. The lowest BCUT2D eigenvalue weighted by molar-refractivity contribution is -0.116. The Morgan fingerprint density at radius 3 is 2.88 bits per heavy atom. The summed E-state index contributed by atoms with van der Waals surface area (Å²) in [6, 6.07) is 15.8. The molecule has 0 fully saturated rings. The Morgan fingerprint density at radius 2 is 2.00 bits per heavy atom. The monoisotopic (exact) mass is 360 g/mol. The maximum Gasteiger partial charge on any atom is 0.161 e. The van der Waals surface area contributed by atoms with Crippen molar-refractivity contribution in [1.82, 2.24) is 4.98 Å². The van der Waals surface area contributed by atoms with Crippen LogP contribution in [0.2, 0.25) is 5.02 Å². The molecule has 0 radical (unpaired) electrons. The van der Waals surface area contributed by atoms with Gasteiger partial charge in [-0.3, -0.25) is 9.78 Å². The lowest BCUT2D eigenvalue weighted by atomic mass is 9.77. The molecule has 1 aromatic heterocycles. The van der Waals surface area contributed by atoms with Gasteiger partial charge in [-0.25, -0.2) is 0 Å². The van der Waals surface area contributed by atoms with E-state index in [9.17, 15) is 4.79 Å². The molecule has 5 rings (SSSR count). The molecule has 0 bridgehead atoms. The van der Waals surface area contributed by atoms with Gasteiger partial charge in [-0.2, -0.15) is 0 Å². The van der Waals surface area contributed by atoms with Gasteiger partial charge in [-0.05, 0) is 54.3 Å². The van der Waals surface area contributed by atoms with Gasteiger partial charge in [0.25, 0.3) is 0 Å². The van der Waals surface area contributed by atoms with Crippen LogP contribution < -0.4 is 5.32 Å². The van der Waals surface area contributed by atoms with Gasteiger partial charge in [0.2, 0.25) is 0 Å². The van der Waals surface area contributed by atoms with Crippen LogP contribution in [0.4, 0.5) is 5.69 Å². The summed E-state index contributed by atoms with van der Waals surface area (Å²) in [5.41, 5.74) is 6.23. The van der Waals surface area contributed by atoms with E-state index in [4.69, 9.17) is 11.6 Å². The molecule has 0 unspecified atom stereocenters. The van der Waals surface area contributed by atoms with Gasteiger partial charge < -0.3 is 5.32 Å². The molecule has 1 N–H and O–H groups in total. The molecule has 26 heavy (non-hydrogen) atoms. The Kier molecular flexibility index (Phi) is 3.57. The molecular formula is C22H17ClN2O. The molecule has 3 aromatic rings. The normalized spacial score (nSPS) is 19.1. The molecule has 128 valence electrons. The van der Waals surface area contributed by atoms with E-state index in [1.807, 2.05) is 36.4 Å². The number of rotatable bonds is 1. The zero-order chi connectivity index (χ0) is 17.7. The summed E-state index contributed by atoms with van der Waals surface area (Å²) in [5, 5.41) is 5.38. The molecule has 2 aromatic carbocycles. The smallest absolute Gasteiger partial charge is 0.161 e. The molecule has 0 amide bonds. The number of nitrogens with zero attached hydrogens (tertiary/aromatic N) is 1.